The maximum Gasteiger partial charge on any atom is 0.253 e. The first-order valence-electron chi connectivity index (χ1n) is 8.16. The number of ether oxygens (including phenoxy) is 1. The van der Waals surface area contributed by atoms with E-state index in [-0.39, 0.29) is 18.1 Å². The third-order valence-electron chi connectivity index (χ3n) is 4.61. The summed E-state index contributed by atoms with van der Waals surface area (Å²) in [5.74, 6) is 0.116. The minimum Gasteiger partial charge on any atom is -0.366 e. The maximum atomic E-state index is 12.7. The summed E-state index contributed by atoms with van der Waals surface area (Å²) in [6.07, 6.45) is 1.72. The predicted molar refractivity (Wildman–Crippen MR) is 85.2 cm³/mol. The summed E-state index contributed by atoms with van der Waals surface area (Å²) in [5.41, 5.74) is 7.05. The number of hydrogen-bond donors (Lipinski definition) is 1. The van der Waals surface area contributed by atoms with Crippen molar-refractivity contribution in [2.45, 2.75) is 31.5 Å². The number of amides is 1. The topological polar surface area (TPSA) is 58.8 Å². The summed E-state index contributed by atoms with van der Waals surface area (Å²) < 4.78 is 5.74. The van der Waals surface area contributed by atoms with Crippen molar-refractivity contribution >= 4 is 5.91 Å². The first kappa shape index (κ1) is 15.5. The third kappa shape index (κ3) is 3.48. The Morgan fingerprint density at radius 1 is 1.27 bits per heavy atom. The molecule has 0 aliphatic carbocycles. The Balaban J connectivity index is 1.59. The zero-order valence-corrected chi connectivity index (χ0v) is 13.0. The van der Waals surface area contributed by atoms with Gasteiger partial charge in [0.1, 0.15) is 6.10 Å². The lowest BCUT2D eigenvalue weighted by Gasteiger charge is -2.35. The van der Waals surface area contributed by atoms with Gasteiger partial charge >= 0.3 is 0 Å². The number of carbonyl (C=O) groups is 1. The van der Waals surface area contributed by atoms with Crippen LogP contribution in [0, 0.1) is 0 Å². The molecule has 0 bridgehead atoms. The second kappa shape index (κ2) is 7.22. The van der Waals surface area contributed by atoms with Crippen molar-refractivity contribution in [3.05, 3.63) is 35.9 Å². The van der Waals surface area contributed by atoms with Gasteiger partial charge < -0.3 is 15.4 Å². The number of morpholine rings is 1. The highest BCUT2D eigenvalue weighted by molar-refractivity contribution is 5.82. The van der Waals surface area contributed by atoms with Gasteiger partial charge in [0.05, 0.1) is 6.61 Å². The minimum atomic E-state index is -0.343. The molecule has 2 heterocycles. The van der Waals surface area contributed by atoms with Gasteiger partial charge in [-0.2, -0.15) is 0 Å². The molecule has 1 aromatic rings. The number of hydrogen-bond acceptors (Lipinski definition) is 4. The quantitative estimate of drug-likeness (QED) is 0.895. The first-order valence-corrected chi connectivity index (χ1v) is 8.16. The van der Waals surface area contributed by atoms with Crippen LogP contribution in [0.5, 0.6) is 0 Å². The molecular weight excluding hydrogens is 278 g/mol. The smallest absolute Gasteiger partial charge is 0.253 e. The van der Waals surface area contributed by atoms with Crippen molar-refractivity contribution in [1.29, 1.82) is 0 Å². The average Bonchev–Trinajstić information content (AvgIpc) is 3.04. The van der Waals surface area contributed by atoms with E-state index >= 15 is 0 Å². The summed E-state index contributed by atoms with van der Waals surface area (Å²) in [6.45, 7) is 4.39. The fourth-order valence-electron chi connectivity index (χ4n) is 3.39. The Morgan fingerprint density at radius 3 is 2.86 bits per heavy atom. The van der Waals surface area contributed by atoms with Gasteiger partial charge in [-0.15, -0.1) is 0 Å². The van der Waals surface area contributed by atoms with E-state index < -0.39 is 0 Å². The average molecular weight is 303 g/mol. The number of benzene rings is 1. The van der Waals surface area contributed by atoms with Crippen molar-refractivity contribution in [2.75, 3.05) is 32.8 Å². The molecule has 0 spiro atoms. The van der Waals surface area contributed by atoms with Crippen LogP contribution < -0.4 is 5.73 Å². The molecule has 0 radical (unpaired) electrons. The maximum absolute atomic E-state index is 12.7. The molecule has 2 saturated heterocycles. The first-order chi connectivity index (χ1) is 10.8. The van der Waals surface area contributed by atoms with Gasteiger partial charge in [-0.1, -0.05) is 30.3 Å². The van der Waals surface area contributed by atoms with Crippen molar-refractivity contribution in [2.24, 2.45) is 5.73 Å². The van der Waals surface area contributed by atoms with E-state index in [0.717, 1.165) is 32.5 Å². The lowest BCUT2D eigenvalue weighted by atomic mass is 10.1. The SMILES string of the molecule is NCC1CCCN1C(=O)C1CN(Cc2ccccc2)CCO1. The van der Waals surface area contributed by atoms with E-state index in [2.05, 4.69) is 29.2 Å². The van der Waals surface area contributed by atoms with Crippen molar-refractivity contribution in [3.63, 3.8) is 0 Å². The summed E-state index contributed by atoms with van der Waals surface area (Å²) >= 11 is 0. The summed E-state index contributed by atoms with van der Waals surface area (Å²) in [7, 11) is 0. The highest BCUT2D eigenvalue weighted by Gasteiger charge is 2.35. The predicted octanol–water partition coefficient (Wildman–Crippen LogP) is 0.837. The van der Waals surface area contributed by atoms with Gasteiger partial charge in [-0.05, 0) is 18.4 Å². The Hall–Kier alpha value is -1.43. The van der Waals surface area contributed by atoms with Gasteiger partial charge in [0.2, 0.25) is 0 Å². The largest absolute Gasteiger partial charge is 0.366 e. The Bertz CT molecular complexity index is 494. The molecule has 1 aromatic carbocycles. The molecule has 2 N–H and O–H groups in total. The van der Waals surface area contributed by atoms with Crippen LogP contribution in [0.2, 0.25) is 0 Å². The summed E-state index contributed by atoms with van der Waals surface area (Å²) in [5, 5.41) is 0. The van der Waals surface area contributed by atoms with E-state index in [1.807, 2.05) is 11.0 Å². The van der Waals surface area contributed by atoms with Crippen LogP contribution >= 0.6 is 0 Å². The molecule has 120 valence electrons. The van der Waals surface area contributed by atoms with Gasteiger partial charge in [-0.3, -0.25) is 9.69 Å². The standard InChI is InChI=1S/C17H25N3O2/c18-11-15-7-4-8-20(15)17(21)16-13-19(9-10-22-16)12-14-5-2-1-3-6-14/h1-3,5-6,15-16H,4,7-13,18H2. The molecule has 1 amide bonds. The van der Waals surface area contributed by atoms with Crippen LogP contribution in [-0.4, -0.2) is 60.6 Å². The van der Waals surface area contributed by atoms with Crippen molar-refractivity contribution < 1.29 is 9.53 Å². The minimum absolute atomic E-state index is 0.116. The number of nitrogens with two attached hydrogens (primary N) is 1. The van der Waals surface area contributed by atoms with Crippen LogP contribution in [0.4, 0.5) is 0 Å². The van der Waals surface area contributed by atoms with Crippen LogP contribution in [0.15, 0.2) is 30.3 Å². The highest BCUT2D eigenvalue weighted by Crippen LogP contribution is 2.20. The van der Waals surface area contributed by atoms with Crippen LogP contribution in [0.3, 0.4) is 0 Å². The molecule has 2 aliphatic rings. The molecule has 22 heavy (non-hydrogen) atoms. The zero-order chi connectivity index (χ0) is 15.4. The molecule has 3 rings (SSSR count). The van der Waals surface area contributed by atoms with Gasteiger partial charge in [0.25, 0.3) is 5.91 Å². The van der Waals surface area contributed by atoms with E-state index in [1.165, 1.54) is 5.56 Å². The third-order valence-corrected chi connectivity index (χ3v) is 4.61. The second-order valence-corrected chi connectivity index (χ2v) is 6.14. The Morgan fingerprint density at radius 2 is 2.09 bits per heavy atom. The number of rotatable bonds is 4. The lowest BCUT2D eigenvalue weighted by Crippen LogP contribution is -2.52. The molecule has 5 heteroatoms. The molecule has 2 aliphatic heterocycles. The Kier molecular flexibility index (Phi) is 5.08. The van der Waals surface area contributed by atoms with Crippen LogP contribution in [-0.2, 0) is 16.1 Å². The Labute approximate surface area is 132 Å². The molecule has 2 unspecified atom stereocenters. The van der Waals surface area contributed by atoms with Crippen molar-refractivity contribution in [1.82, 2.24) is 9.80 Å². The second-order valence-electron chi connectivity index (χ2n) is 6.14. The normalized spacial score (nSPS) is 26.3. The number of likely N-dealkylation sites (tertiary alicyclic amines) is 1. The lowest BCUT2D eigenvalue weighted by molar-refractivity contribution is -0.150. The van der Waals surface area contributed by atoms with Crippen LogP contribution in [0.1, 0.15) is 18.4 Å². The van der Waals surface area contributed by atoms with Crippen molar-refractivity contribution in [3.8, 4) is 0 Å². The van der Waals surface area contributed by atoms with Crippen LogP contribution in [0.25, 0.3) is 0 Å². The van der Waals surface area contributed by atoms with E-state index in [1.54, 1.807) is 0 Å². The molecular formula is C17H25N3O2. The monoisotopic (exact) mass is 303 g/mol. The van der Waals surface area contributed by atoms with Gasteiger partial charge in [0.15, 0.2) is 0 Å². The van der Waals surface area contributed by atoms with Gasteiger partial charge in [0, 0.05) is 38.8 Å². The fraction of sp³-hybridized carbons (Fsp3) is 0.588. The molecule has 0 aromatic heterocycles. The van der Waals surface area contributed by atoms with E-state index in [4.69, 9.17) is 10.5 Å². The van der Waals surface area contributed by atoms with E-state index in [0.29, 0.717) is 19.7 Å². The zero-order valence-electron chi connectivity index (χ0n) is 13.0. The summed E-state index contributed by atoms with van der Waals surface area (Å²) in [4.78, 5) is 16.9. The molecule has 2 atom stereocenters. The number of carbonyl (C=O) groups excluding carboxylic acids is 1. The molecule has 2 fully saturated rings. The number of nitrogens with zero attached hydrogens (tertiary/aromatic N) is 2. The molecule has 5 nitrogen and oxygen atoms in total. The molecule has 0 saturated carbocycles. The van der Waals surface area contributed by atoms with E-state index in [9.17, 15) is 4.79 Å². The summed E-state index contributed by atoms with van der Waals surface area (Å²) in [6, 6.07) is 10.6. The van der Waals surface area contributed by atoms with Gasteiger partial charge in [-0.25, -0.2) is 0 Å². The highest BCUT2D eigenvalue weighted by atomic mass is 16.5. The fourth-order valence-corrected chi connectivity index (χ4v) is 3.39.